The van der Waals surface area contributed by atoms with Gasteiger partial charge in [0.1, 0.15) is 5.75 Å². The largest absolute Gasteiger partial charge is 0.507 e. The summed E-state index contributed by atoms with van der Waals surface area (Å²) < 4.78 is 0. The number of hydrogen-bond acceptors (Lipinski definition) is 6. The van der Waals surface area contributed by atoms with E-state index in [0.717, 1.165) is 37.3 Å². The number of aryl methyl sites for hydroxylation is 2. The number of anilines is 3. The zero-order valence-electron chi connectivity index (χ0n) is 17.8. The third-order valence-corrected chi connectivity index (χ3v) is 5.46. The fourth-order valence-corrected chi connectivity index (χ4v) is 3.90. The Balaban J connectivity index is 1.47. The van der Waals surface area contributed by atoms with Crippen LogP contribution < -0.4 is 16.0 Å². The van der Waals surface area contributed by atoms with Crippen molar-refractivity contribution in [2.75, 3.05) is 23.7 Å². The van der Waals surface area contributed by atoms with Gasteiger partial charge in [0.25, 0.3) is 5.91 Å². The first kappa shape index (κ1) is 20.8. The first-order chi connectivity index (χ1) is 15.0. The summed E-state index contributed by atoms with van der Waals surface area (Å²) in [4.78, 5) is 21.5. The maximum Gasteiger partial charge on any atom is 0.259 e. The first-order valence-corrected chi connectivity index (χ1v) is 10.5. The molecule has 0 unspecified atom stereocenters. The van der Waals surface area contributed by atoms with Gasteiger partial charge in [0.15, 0.2) is 0 Å². The Morgan fingerprint density at radius 1 is 0.968 bits per heavy atom. The van der Waals surface area contributed by atoms with Gasteiger partial charge < -0.3 is 21.1 Å². The highest BCUT2D eigenvalue weighted by Crippen LogP contribution is 2.27. The van der Waals surface area contributed by atoms with Gasteiger partial charge in [-0.05, 0) is 87.7 Å². The number of carbonyl (C=O) groups excluding carboxylic acids is 1. The van der Waals surface area contributed by atoms with Gasteiger partial charge in [-0.25, -0.2) is 9.97 Å². The molecule has 7 nitrogen and oxygen atoms in total. The van der Waals surface area contributed by atoms with Crippen LogP contribution in [0.25, 0.3) is 0 Å². The van der Waals surface area contributed by atoms with E-state index in [-0.39, 0.29) is 17.2 Å². The van der Waals surface area contributed by atoms with Crippen molar-refractivity contribution in [3.8, 4) is 5.75 Å². The Kier molecular flexibility index (Phi) is 6.13. The number of carbonyl (C=O) groups is 1. The zero-order chi connectivity index (χ0) is 21.8. The van der Waals surface area contributed by atoms with Crippen molar-refractivity contribution in [1.29, 1.82) is 0 Å². The quantitative estimate of drug-likeness (QED) is 0.463. The number of aromatic nitrogens is 2. The molecule has 4 rings (SSSR count). The Labute approximate surface area is 182 Å². The molecule has 160 valence electrons. The highest BCUT2D eigenvalue weighted by atomic mass is 16.3. The molecule has 0 radical (unpaired) electrons. The second-order valence-electron chi connectivity index (χ2n) is 7.93. The van der Waals surface area contributed by atoms with Gasteiger partial charge in [-0.15, -0.1) is 0 Å². The van der Waals surface area contributed by atoms with Crippen molar-refractivity contribution in [2.45, 2.75) is 32.6 Å². The highest BCUT2D eigenvalue weighted by molar-refractivity contribution is 6.06. The Bertz CT molecular complexity index is 1060. The van der Waals surface area contributed by atoms with E-state index in [1.54, 1.807) is 12.1 Å². The van der Waals surface area contributed by atoms with Crippen LogP contribution in [0.4, 0.5) is 17.3 Å². The normalized spacial score (nSPS) is 14.3. The topological polar surface area (TPSA) is 99.2 Å². The molecular weight excluding hydrogens is 390 g/mol. The van der Waals surface area contributed by atoms with Crippen LogP contribution >= 0.6 is 0 Å². The molecule has 0 aliphatic carbocycles. The number of nitrogens with one attached hydrogen (secondary N) is 3. The lowest BCUT2D eigenvalue weighted by molar-refractivity contribution is 0.102. The lowest BCUT2D eigenvalue weighted by Crippen LogP contribution is -2.26. The van der Waals surface area contributed by atoms with E-state index in [0.29, 0.717) is 23.2 Å². The second kappa shape index (κ2) is 9.14. The molecule has 0 spiro atoms. The number of hydrogen-bond donors (Lipinski definition) is 4. The van der Waals surface area contributed by atoms with Gasteiger partial charge in [0.05, 0.1) is 5.56 Å². The summed E-state index contributed by atoms with van der Waals surface area (Å²) in [7, 11) is 0. The molecule has 1 aliphatic rings. The third kappa shape index (κ3) is 5.19. The summed E-state index contributed by atoms with van der Waals surface area (Å²) in [6.45, 7) is 5.87. The molecule has 2 aromatic carbocycles. The van der Waals surface area contributed by atoms with Crippen molar-refractivity contribution in [1.82, 2.24) is 15.3 Å². The van der Waals surface area contributed by atoms with Crippen molar-refractivity contribution in [3.05, 3.63) is 71.0 Å². The minimum atomic E-state index is -0.378. The summed E-state index contributed by atoms with van der Waals surface area (Å²) in [5.74, 6) is 0.543. The Morgan fingerprint density at radius 3 is 2.29 bits per heavy atom. The molecule has 3 aromatic rings. The van der Waals surface area contributed by atoms with E-state index in [1.807, 2.05) is 32.0 Å². The molecule has 2 heterocycles. The molecule has 1 aliphatic heterocycles. The first-order valence-electron chi connectivity index (χ1n) is 10.5. The maximum absolute atomic E-state index is 12.8. The Morgan fingerprint density at radius 2 is 1.61 bits per heavy atom. The molecule has 1 fully saturated rings. The number of phenolic OH excluding ortho intramolecular Hbond substituents is 1. The minimum Gasteiger partial charge on any atom is -0.507 e. The van der Waals surface area contributed by atoms with Crippen molar-refractivity contribution in [2.24, 2.45) is 0 Å². The number of rotatable bonds is 5. The lowest BCUT2D eigenvalue weighted by Gasteiger charge is -2.23. The monoisotopic (exact) mass is 417 g/mol. The highest BCUT2D eigenvalue weighted by Gasteiger charge is 2.16. The van der Waals surface area contributed by atoms with Gasteiger partial charge in [0, 0.05) is 22.8 Å². The van der Waals surface area contributed by atoms with Gasteiger partial charge in [-0.3, -0.25) is 4.79 Å². The fraction of sp³-hybridized carbons (Fsp3) is 0.292. The Hall–Kier alpha value is -3.45. The minimum absolute atomic E-state index is 0.0873. The van der Waals surface area contributed by atoms with Crippen LogP contribution in [0.5, 0.6) is 5.75 Å². The molecule has 1 amide bonds. The molecule has 7 heteroatoms. The molecule has 31 heavy (non-hydrogen) atoms. The molecule has 1 aromatic heterocycles. The summed E-state index contributed by atoms with van der Waals surface area (Å²) in [6.07, 6.45) is 2.26. The molecule has 4 N–H and O–H groups in total. The summed E-state index contributed by atoms with van der Waals surface area (Å²) in [5.41, 5.74) is 4.48. The lowest BCUT2D eigenvalue weighted by atomic mass is 9.90. The number of amides is 1. The SMILES string of the molecule is Cc1cc(C)nc(Nc2ccc(O)c(C(=O)Nc3ccc(C4CCNCC4)cc3)c2)n1. The number of aromatic hydroxyl groups is 1. The predicted octanol–water partition coefficient (Wildman–Crippen LogP) is 4.26. The molecule has 0 atom stereocenters. The van der Waals surface area contributed by atoms with Crippen LogP contribution in [0, 0.1) is 13.8 Å². The predicted molar refractivity (Wildman–Crippen MR) is 122 cm³/mol. The van der Waals surface area contributed by atoms with Gasteiger partial charge >= 0.3 is 0 Å². The maximum atomic E-state index is 12.8. The van der Waals surface area contributed by atoms with Crippen LogP contribution in [0.1, 0.15) is 46.1 Å². The molecule has 1 saturated heterocycles. The van der Waals surface area contributed by atoms with E-state index in [4.69, 9.17) is 0 Å². The van der Waals surface area contributed by atoms with Gasteiger partial charge in [0.2, 0.25) is 5.95 Å². The average molecular weight is 418 g/mol. The van der Waals surface area contributed by atoms with Crippen molar-refractivity contribution < 1.29 is 9.90 Å². The van der Waals surface area contributed by atoms with Gasteiger partial charge in [-0.2, -0.15) is 0 Å². The number of piperidine rings is 1. The van der Waals surface area contributed by atoms with E-state index < -0.39 is 0 Å². The average Bonchev–Trinajstić information content (AvgIpc) is 2.75. The number of phenols is 1. The van der Waals surface area contributed by atoms with Crippen molar-refractivity contribution in [3.63, 3.8) is 0 Å². The van der Waals surface area contributed by atoms with Crippen molar-refractivity contribution >= 4 is 23.2 Å². The van der Waals surface area contributed by atoms with Crippen LogP contribution in [-0.2, 0) is 0 Å². The molecule has 0 saturated carbocycles. The third-order valence-electron chi connectivity index (χ3n) is 5.46. The number of benzene rings is 2. The van der Waals surface area contributed by atoms with Gasteiger partial charge in [-0.1, -0.05) is 12.1 Å². The summed E-state index contributed by atoms with van der Waals surface area (Å²) in [6, 6.07) is 14.6. The fourth-order valence-electron chi connectivity index (χ4n) is 3.90. The van der Waals surface area contributed by atoms with Crippen LogP contribution in [0.3, 0.4) is 0 Å². The summed E-state index contributed by atoms with van der Waals surface area (Å²) in [5, 5.41) is 19.6. The van der Waals surface area contributed by atoms with E-state index in [2.05, 4.69) is 38.1 Å². The van der Waals surface area contributed by atoms with Crippen LogP contribution in [-0.4, -0.2) is 34.1 Å². The zero-order valence-corrected chi connectivity index (χ0v) is 17.8. The molecule has 0 bridgehead atoms. The van der Waals surface area contributed by atoms with E-state index in [1.165, 1.54) is 11.6 Å². The smallest absolute Gasteiger partial charge is 0.259 e. The second-order valence-corrected chi connectivity index (χ2v) is 7.93. The van der Waals surface area contributed by atoms with Crippen LogP contribution in [0.15, 0.2) is 48.5 Å². The number of nitrogens with zero attached hydrogens (tertiary/aromatic N) is 2. The standard InChI is InChI=1S/C24H27N5O2/c1-15-13-16(2)27-24(26-15)29-20-7-8-22(30)21(14-20)23(31)28-19-5-3-17(4-6-19)18-9-11-25-12-10-18/h3-8,13-14,18,25,30H,9-12H2,1-2H3,(H,28,31)(H,26,27,29). The van der Waals surface area contributed by atoms with E-state index in [9.17, 15) is 9.90 Å². The van der Waals surface area contributed by atoms with Crippen LogP contribution in [0.2, 0.25) is 0 Å². The van der Waals surface area contributed by atoms with E-state index >= 15 is 0 Å². The summed E-state index contributed by atoms with van der Waals surface area (Å²) >= 11 is 0. The molecular formula is C24H27N5O2.